The van der Waals surface area contributed by atoms with Gasteiger partial charge in [-0.25, -0.2) is 19.0 Å². The number of aromatic nitrogens is 2. The Balaban J connectivity index is 1.50. The summed E-state index contributed by atoms with van der Waals surface area (Å²) in [6, 6.07) is 4.55. The Labute approximate surface area is 195 Å². The minimum atomic E-state index is -0.648. The summed E-state index contributed by atoms with van der Waals surface area (Å²) in [7, 11) is 0. The topological polar surface area (TPSA) is 87.5 Å². The molecule has 7 nitrogen and oxygen atoms in total. The number of esters is 2. The normalized spacial score (nSPS) is 12.9. The summed E-state index contributed by atoms with van der Waals surface area (Å²) in [6.07, 6.45) is 1.61. The molecule has 0 radical (unpaired) electrons. The maximum absolute atomic E-state index is 14.6. The highest BCUT2D eigenvalue weighted by atomic mass is 32.1. The highest BCUT2D eigenvalue weighted by Gasteiger charge is 2.26. The standard InChI is InChI=1S/C23H19FN2O5S2/c1-3-30-23(29)19-12(17-13(24)6-4-7-14(17)32-19)10-31-22(28)18-11(2)16-20(33-18)25-15-8-5-9-26(15)21(16)27/h4,6-7H,3,5,8-10H2,1-2H3. The molecule has 0 N–H and O–H groups in total. The lowest BCUT2D eigenvalue weighted by molar-refractivity contribution is 0.0458. The van der Waals surface area contributed by atoms with Gasteiger partial charge in [-0.15, -0.1) is 22.7 Å². The number of hydrogen-bond acceptors (Lipinski definition) is 8. The summed E-state index contributed by atoms with van der Waals surface area (Å²) in [4.78, 5) is 43.8. The Morgan fingerprint density at radius 2 is 1.94 bits per heavy atom. The molecule has 1 aliphatic heterocycles. The van der Waals surface area contributed by atoms with Crippen molar-refractivity contribution in [2.24, 2.45) is 0 Å². The summed E-state index contributed by atoms with van der Waals surface area (Å²) in [5.74, 6) is -1.01. The second-order valence-corrected chi connectivity index (χ2v) is 9.70. The summed E-state index contributed by atoms with van der Waals surface area (Å²) in [5.41, 5.74) is 0.651. The number of aryl methyl sites for hydroxylation is 2. The quantitative estimate of drug-likeness (QED) is 0.383. The minimum Gasteiger partial charge on any atom is -0.462 e. The lowest BCUT2D eigenvalue weighted by Crippen LogP contribution is -2.20. The number of ether oxygens (including phenoxy) is 2. The Bertz CT molecular complexity index is 1500. The fourth-order valence-corrected chi connectivity index (χ4v) is 6.34. The average Bonchev–Trinajstić information content (AvgIpc) is 3.49. The zero-order valence-electron chi connectivity index (χ0n) is 17.9. The second kappa shape index (κ2) is 8.35. The van der Waals surface area contributed by atoms with E-state index < -0.39 is 17.8 Å². The van der Waals surface area contributed by atoms with Crippen molar-refractivity contribution in [3.63, 3.8) is 0 Å². The number of fused-ring (bicyclic) bond motifs is 3. The Morgan fingerprint density at radius 3 is 2.73 bits per heavy atom. The molecule has 3 aromatic heterocycles. The van der Waals surface area contributed by atoms with Gasteiger partial charge in [0.25, 0.3) is 5.56 Å². The van der Waals surface area contributed by atoms with Crippen LogP contribution in [-0.4, -0.2) is 28.1 Å². The first-order valence-electron chi connectivity index (χ1n) is 10.5. The van der Waals surface area contributed by atoms with E-state index in [0.717, 1.165) is 41.3 Å². The molecule has 4 heterocycles. The molecule has 0 bridgehead atoms. The van der Waals surface area contributed by atoms with E-state index in [1.807, 2.05) is 0 Å². The van der Waals surface area contributed by atoms with Crippen molar-refractivity contribution in [1.29, 1.82) is 0 Å². The van der Waals surface area contributed by atoms with Gasteiger partial charge >= 0.3 is 11.9 Å². The minimum absolute atomic E-state index is 0.143. The van der Waals surface area contributed by atoms with Crippen LogP contribution in [0.15, 0.2) is 23.0 Å². The van der Waals surface area contributed by atoms with Crippen molar-refractivity contribution in [2.75, 3.05) is 6.61 Å². The van der Waals surface area contributed by atoms with Crippen LogP contribution >= 0.6 is 22.7 Å². The SMILES string of the molecule is CCOC(=O)c1sc2cccc(F)c2c1COC(=O)c1sc2nc3n(c(=O)c2c1C)CCC3. The highest BCUT2D eigenvalue weighted by molar-refractivity contribution is 7.21. The number of benzene rings is 1. The highest BCUT2D eigenvalue weighted by Crippen LogP contribution is 2.35. The smallest absolute Gasteiger partial charge is 0.349 e. The van der Waals surface area contributed by atoms with Gasteiger partial charge in [0.15, 0.2) is 0 Å². The number of halogens is 1. The van der Waals surface area contributed by atoms with Crippen molar-refractivity contribution in [3.05, 3.63) is 61.1 Å². The third kappa shape index (κ3) is 3.53. The Hall–Kier alpha value is -3.11. The average molecular weight is 487 g/mol. The molecule has 10 heteroatoms. The van der Waals surface area contributed by atoms with Crippen LogP contribution in [0.2, 0.25) is 0 Å². The van der Waals surface area contributed by atoms with E-state index in [1.165, 1.54) is 6.07 Å². The maximum Gasteiger partial charge on any atom is 0.349 e. The first-order valence-corrected chi connectivity index (χ1v) is 12.1. The number of carbonyl (C=O) groups is 2. The predicted octanol–water partition coefficient (Wildman–Crippen LogP) is 4.60. The molecule has 0 saturated carbocycles. The summed E-state index contributed by atoms with van der Waals surface area (Å²) < 4.78 is 27.4. The van der Waals surface area contributed by atoms with E-state index in [-0.39, 0.29) is 39.5 Å². The van der Waals surface area contributed by atoms with Crippen molar-refractivity contribution in [3.8, 4) is 0 Å². The molecule has 0 saturated heterocycles. The maximum atomic E-state index is 14.6. The van der Waals surface area contributed by atoms with Gasteiger partial charge in [0.1, 0.15) is 32.8 Å². The van der Waals surface area contributed by atoms with Crippen LogP contribution in [0.3, 0.4) is 0 Å². The fourth-order valence-electron chi connectivity index (χ4n) is 4.14. The van der Waals surface area contributed by atoms with E-state index in [2.05, 4.69) is 4.98 Å². The monoisotopic (exact) mass is 486 g/mol. The van der Waals surface area contributed by atoms with E-state index >= 15 is 0 Å². The van der Waals surface area contributed by atoms with Gasteiger partial charge in [-0.3, -0.25) is 9.36 Å². The molecule has 4 aromatic rings. The van der Waals surface area contributed by atoms with Crippen LogP contribution in [0, 0.1) is 12.7 Å². The number of thiophene rings is 2. The molecule has 0 fully saturated rings. The molecule has 0 atom stereocenters. The largest absolute Gasteiger partial charge is 0.462 e. The van der Waals surface area contributed by atoms with Gasteiger partial charge in [-0.05, 0) is 38.0 Å². The Kier molecular flexibility index (Phi) is 5.49. The number of carbonyl (C=O) groups excluding carboxylic acids is 2. The van der Waals surface area contributed by atoms with Gasteiger partial charge < -0.3 is 9.47 Å². The first-order chi connectivity index (χ1) is 15.9. The summed E-state index contributed by atoms with van der Waals surface area (Å²) in [6.45, 7) is 3.87. The zero-order valence-corrected chi connectivity index (χ0v) is 19.5. The molecular formula is C23H19FN2O5S2. The third-order valence-corrected chi connectivity index (χ3v) is 8.01. The van der Waals surface area contributed by atoms with Crippen LogP contribution in [0.5, 0.6) is 0 Å². The first kappa shape index (κ1) is 21.7. The lowest BCUT2D eigenvalue weighted by atomic mass is 10.1. The Morgan fingerprint density at radius 1 is 1.15 bits per heavy atom. The van der Waals surface area contributed by atoms with Gasteiger partial charge in [0.2, 0.25) is 0 Å². The molecule has 1 aliphatic rings. The van der Waals surface area contributed by atoms with Gasteiger partial charge in [-0.2, -0.15) is 0 Å². The van der Waals surface area contributed by atoms with E-state index in [4.69, 9.17) is 9.47 Å². The van der Waals surface area contributed by atoms with Gasteiger partial charge in [-0.1, -0.05) is 6.07 Å². The zero-order chi connectivity index (χ0) is 23.3. The second-order valence-electron chi connectivity index (χ2n) is 7.64. The van der Waals surface area contributed by atoms with Crippen molar-refractivity contribution in [1.82, 2.24) is 9.55 Å². The van der Waals surface area contributed by atoms with Crippen LogP contribution < -0.4 is 5.56 Å². The molecular weight excluding hydrogens is 467 g/mol. The molecule has 0 spiro atoms. The van der Waals surface area contributed by atoms with Crippen molar-refractivity contribution in [2.45, 2.75) is 39.8 Å². The summed E-state index contributed by atoms with van der Waals surface area (Å²) in [5, 5.41) is 0.666. The molecule has 5 rings (SSSR count). The molecule has 33 heavy (non-hydrogen) atoms. The van der Waals surface area contributed by atoms with Crippen molar-refractivity contribution >= 4 is 54.9 Å². The molecule has 0 aliphatic carbocycles. The number of nitrogens with zero attached hydrogens (tertiary/aromatic N) is 2. The summed E-state index contributed by atoms with van der Waals surface area (Å²) >= 11 is 2.21. The van der Waals surface area contributed by atoms with Crippen molar-refractivity contribution < 1.29 is 23.5 Å². The number of hydrogen-bond donors (Lipinski definition) is 0. The van der Waals surface area contributed by atoms with E-state index in [0.29, 0.717) is 27.0 Å². The predicted molar refractivity (Wildman–Crippen MR) is 124 cm³/mol. The molecule has 0 unspecified atom stereocenters. The van der Waals surface area contributed by atoms with Gasteiger partial charge in [0.05, 0.1) is 12.0 Å². The molecule has 0 amide bonds. The number of rotatable bonds is 5. The van der Waals surface area contributed by atoms with Crippen LogP contribution in [0.1, 0.15) is 49.6 Å². The van der Waals surface area contributed by atoms with E-state index in [9.17, 15) is 18.8 Å². The third-order valence-electron chi connectivity index (χ3n) is 5.67. The van der Waals surface area contributed by atoms with Crippen LogP contribution in [0.25, 0.3) is 20.3 Å². The molecule has 1 aromatic carbocycles. The van der Waals surface area contributed by atoms with Gasteiger partial charge in [0, 0.05) is 28.6 Å². The van der Waals surface area contributed by atoms with Crippen LogP contribution in [0.4, 0.5) is 4.39 Å². The lowest BCUT2D eigenvalue weighted by Gasteiger charge is -2.07. The fraction of sp³-hybridized carbons (Fsp3) is 0.304. The van der Waals surface area contributed by atoms with Crippen LogP contribution in [-0.2, 0) is 29.0 Å². The molecule has 170 valence electrons. The van der Waals surface area contributed by atoms with E-state index in [1.54, 1.807) is 30.5 Å².